The number of aliphatic hydroxyl groups is 1. The highest BCUT2D eigenvalue weighted by atomic mass is 16.3. The molecule has 1 aromatic heterocycles. The van der Waals surface area contributed by atoms with Gasteiger partial charge in [0.1, 0.15) is 0 Å². The fourth-order valence-electron chi connectivity index (χ4n) is 3.57. The van der Waals surface area contributed by atoms with E-state index in [1.54, 1.807) is 12.1 Å². The van der Waals surface area contributed by atoms with E-state index in [0.717, 1.165) is 38.0 Å². The molecule has 0 spiro atoms. The Kier molecular flexibility index (Phi) is 6.35. The number of pyridine rings is 1. The second-order valence-electron chi connectivity index (χ2n) is 7.05. The molecule has 3 rings (SSSR count). The molecule has 1 saturated heterocycles. The molecule has 2 heterocycles. The van der Waals surface area contributed by atoms with Crippen molar-refractivity contribution in [3.63, 3.8) is 0 Å². The molecule has 1 unspecified atom stereocenters. The van der Waals surface area contributed by atoms with Crippen LogP contribution in [0, 0.1) is 11.3 Å². The molecule has 5 nitrogen and oxygen atoms in total. The summed E-state index contributed by atoms with van der Waals surface area (Å²) in [5.41, 5.74) is 2.80. The lowest BCUT2D eigenvalue weighted by Gasteiger charge is -2.37. The van der Waals surface area contributed by atoms with Gasteiger partial charge in [-0.25, -0.2) is 0 Å². The largest absolute Gasteiger partial charge is 0.387 e. The van der Waals surface area contributed by atoms with Crippen LogP contribution in [0.5, 0.6) is 0 Å². The number of hydrogen-bond donors (Lipinski definition) is 1. The summed E-state index contributed by atoms with van der Waals surface area (Å²) in [6.07, 6.45) is 5.40. The van der Waals surface area contributed by atoms with E-state index in [1.807, 2.05) is 24.5 Å². The van der Waals surface area contributed by atoms with Crippen LogP contribution in [0.3, 0.4) is 0 Å². The van der Waals surface area contributed by atoms with Crippen LogP contribution in [-0.4, -0.2) is 52.6 Å². The van der Waals surface area contributed by atoms with Gasteiger partial charge in [-0.2, -0.15) is 5.26 Å². The topological polar surface area (TPSA) is 63.4 Å². The number of piperidine rings is 1. The second kappa shape index (κ2) is 8.91. The van der Waals surface area contributed by atoms with Gasteiger partial charge in [0.05, 0.1) is 17.7 Å². The number of hydrogen-bond acceptors (Lipinski definition) is 5. The number of benzene rings is 1. The van der Waals surface area contributed by atoms with E-state index >= 15 is 0 Å². The molecule has 1 atom stereocenters. The van der Waals surface area contributed by atoms with Crippen LogP contribution in [0.25, 0.3) is 0 Å². The SMILES string of the molecule is CN(CC(O)c1ccc(C#N)cc1)C1CCN(Cc2ccncc2)CC1. The van der Waals surface area contributed by atoms with Gasteiger partial charge in [0.2, 0.25) is 0 Å². The Hall–Kier alpha value is -2.26. The number of nitriles is 1. The van der Waals surface area contributed by atoms with E-state index in [9.17, 15) is 5.11 Å². The van der Waals surface area contributed by atoms with E-state index in [4.69, 9.17) is 5.26 Å². The first-order valence-electron chi connectivity index (χ1n) is 9.15. The minimum atomic E-state index is -0.525. The van der Waals surface area contributed by atoms with Crippen molar-refractivity contribution in [1.29, 1.82) is 5.26 Å². The molecule has 1 N–H and O–H groups in total. The minimum Gasteiger partial charge on any atom is -0.387 e. The third kappa shape index (κ3) is 4.89. The van der Waals surface area contributed by atoms with Gasteiger partial charge in [0.25, 0.3) is 0 Å². The number of aliphatic hydroxyl groups excluding tert-OH is 1. The monoisotopic (exact) mass is 350 g/mol. The van der Waals surface area contributed by atoms with Gasteiger partial charge < -0.3 is 10.0 Å². The Morgan fingerprint density at radius 1 is 1.19 bits per heavy atom. The third-order valence-electron chi connectivity index (χ3n) is 5.22. The third-order valence-corrected chi connectivity index (χ3v) is 5.22. The molecule has 2 aromatic rings. The van der Waals surface area contributed by atoms with Crippen molar-refractivity contribution in [2.45, 2.75) is 31.5 Å². The summed E-state index contributed by atoms with van der Waals surface area (Å²) in [7, 11) is 2.09. The van der Waals surface area contributed by atoms with E-state index in [0.29, 0.717) is 18.2 Å². The van der Waals surface area contributed by atoms with Crippen molar-refractivity contribution in [3.05, 3.63) is 65.5 Å². The van der Waals surface area contributed by atoms with Crippen LogP contribution < -0.4 is 0 Å². The molecule has 0 saturated carbocycles. The van der Waals surface area contributed by atoms with Crippen LogP contribution in [0.1, 0.15) is 35.6 Å². The normalized spacial score (nSPS) is 17.2. The lowest BCUT2D eigenvalue weighted by Crippen LogP contribution is -2.44. The molecule has 1 fully saturated rings. The molecule has 5 heteroatoms. The van der Waals surface area contributed by atoms with Gasteiger partial charge in [-0.05, 0) is 68.4 Å². The van der Waals surface area contributed by atoms with Crippen LogP contribution in [0.15, 0.2) is 48.8 Å². The summed E-state index contributed by atoms with van der Waals surface area (Å²) < 4.78 is 0. The lowest BCUT2D eigenvalue weighted by molar-refractivity contribution is 0.0719. The fraction of sp³-hybridized carbons (Fsp3) is 0.429. The molecule has 1 aromatic carbocycles. The first-order chi connectivity index (χ1) is 12.7. The van der Waals surface area contributed by atoms with Crippen LogP contribution in [0.2, 0.25) is 0 Å². The van der Waals surface area contributed by atoms with Gasteiger partial charge in [0.15, 0.2) is 0 Å². The quantitative estimate of drug-likeness (QED) is 0.867. The van der Waals surface area contributed by atoms with Crippen LogP contribution in [0.4, 0.5) is 0 Å². The van der Waals surface area contributed by atoms with E-state index in [-0.39, 0.29) is 0 Å². The van der Waals surface area contributed by atoms with E-state index in [1.165, 1.54) is 5.56 Å². The minimum absolute atomic E-state index is 0.497. The van der Waals surface area contributed by atoms with Crippen molar-refractivity contribution < 1.29 is 5.11 Å². The molecule has 1 aliphatic rings. The number of rotatable bonds is 6. The van der Waals surface area contributed by atoms with Crippen LogP contribution >= 0.6 is 0 Å². The summed E-state index contributed by atoms with van der Waals surface area (Å²) in [6.45, 7) is 3.74. The Morgan fingerprint density at radius 3 is 2.46 bits per heavy atom. The zero-order chi connectivity index (χ0) is 18.4. The molecule has 136 valence electrons. The molecule has 0 amide bonds. The predicted octanol–water partition coefficient (Wildman–Crippen LogP) is 2.58. The molecule has 26 heavy (non-hydrogen) atoms. The summed E-state index contributed by atoms with van der Waals surface area (Å²) in [5, 5.41) is 19.4. The van der Waals surface area contributed by atoms with Crippen molar-refractivity contribution in [2.24, 2.45) is 0 Å². The Morgan fingerprint density at radius 2 is 1.85 bits per heavy atom. The summed E-state index contributed by atoms with van der Waals surface area (Å²) >= 11 is 0. The maximum Gasteiger partial charge on any atom is 0.0991 e. The average molecular weight is 350 g/mol. The summed E-state index contributed by atoms with van der Waals surface area (Å²) in [5.74, 6) is 0. The Bertz CT molecular complexity index is 718. The highest BCUT2D eigenvalue weighted by Gasteiger charge is 2.24. The number of likely N-dealkylation sites (tertiary alicyclic amines) is 1. The van der Waals surface area contributed by atoms with E-state index in [2.05, 4.69) is 40.0 Å². The zero-order valence-corrected chi connectivity index (χ0v) is 15.3. The van der Waals surface area contributed by atoms with Crippen molar-refractivity contribution in [1.82, 2.24) is 14.8 Å². The molecular formula is C21H26N4O. The number of likely N-dealkylation sites (N-methyl/N-ethyl adjacent to an activating group) is 1. The van der Waals surface area contributed by atoms with Gasteiger partial charge in [0, 0.05) is 31.5 Å². The summed E-state index contributed by atoms with van der Waals surface area (Å²) in [6, 6.07) is 14.0. The maximum absolute atomic E-state index is 10.5. The number of aromatic nitrogens is 1. The van der Waals surface area contributed by atoms with Crippen LogP contribution in [-0.2, 0) is 6.54 Å². The molecule has 1 aliphatic heterocycles. The van der Waals surface area contributed by atoms with E-state index < -0.39 is 6.10 Å². The molecule has 0 bridgehead atoms. The Balaban J connectivity index is 1.47. The van der Waals surface area contributed by atoms with Gasteiger partial charge in [-0.1, -0.05) is 12.1 Å². The van der Waals surface area contributed by atoms with Crippen molar-refractivity contribution >= 4 is 0 Å². The molecule has 0 aliphatic carbocycles. The highest BCUT2D eigenvalue weighted by molar-refractivity contribution is 5.32. The van der Waals surface area contributed by atoms with Gasteiger partial charge >= 0.3 is 0 Å². The second-order valence-corrected chi connectivity index (χ2v) is 7.05. The summed E-state index contributed by atoms with van der Waals surface area (Å²) in [4.78, 5) is 8.82. The zero-order valence-electron chi connectivity index (χ0n) is 15.3. The van der Waals surface area contributed by atoms with Gasteiger partial charge in [-0.3, -0.25) is 9.88 Å². The number of nitrogens with zero attached hydrogens (tertiary/aromatic N) is 4. The lowest BCUT2D eigenvalue weighted by atomic mass is 10.0. The van der Waals surface area contributed by atoms with Crippen molar-refractivity contribution in [2.75, 3.05) is 26.7 Å². The molecular weight excluding hydrogens is 324 g/mol. The maximum atomic E-state index is 10.5. The fourth-order valence-corrected chi connectivity index (χ4v) is 3.57. The van der Waals surface area contributed by atoms with Crippen molar-refractivity contribution in [3.8, 4) is 6.07 Å². The van der Waals surface area contributed by atoms with Gasteiger partial charge in [-0.15, -0.1) is 0 Å². The average Bonchev–Trinajstić information content (AvgIpc) is 2.69. The Labute approximate surface area is 155 Å². The smallest absolute Gasteiger partial charge is 0.0991 e. The standard InChI is InChI=1S/C21H26N4O/c1-24(16-21(26)19-4-2-17(14-22)3-5-19)20-8-12-25(13-9-20)15-18-6-10-23-11-7-18/h2-7,10-11,20-21,26H,8-9,12-13,15-16H2,1H3. The first kappa shape index (κ1) is 18.5. The highest BCUT2D eigenvalue weighted by Crippen LogP contribution is 2.21. The predicted molar refractivity (Wildman–Crippen MR) is 101 cm³/mol. The first-order valence-corrected chi connectivity index (χ1v) is 9.15. The molecule has 0 radical (unpaired) electrons.